The minimum Gasteiger partial charge on any atom is -0.394 e. The fraction of sp³-hybridized carbons (Fsp3) is 1.00. The number of rotatable bonds is 10. The molecule has 0 amide bonds. The maximum absolute atomic E-state index is 11.1. The highest BCUT2D eigenvalue weighted by atomic mass is 16.8. The van der Waals surface area contributed by atoms with Crippen LogP contribution >= 0.6 is 0 Å². The molecular formula is C24H42O21. The van der Waals surface area contributed by atoms with Gasteiger partial charge in [0.2, 0.25) is 0 Å². The van der Waals surface area contributed by atoms with Gasteiger partial charge in [-0.3, -0.25) is 0 Å². The summed E-state index contributed by atoms with van der Waals surface area (Å²) in [6.45, 7) is -3.44. The van der Waals surface area contributed by atoms with E-state index >= 15 is 0 Å². The Labute approximate surface area is 254 Å². The molecule has 14 N–H and O–H groups in total. The number of aliphatic hydroxyl groups is 14. The fourth-order valence-corrected chi connectivity index (χ4v) is 5.51. The van der Waals surface area contributed by atoms with Crippen LogP contribution in [0.3, 0.4) is 0 Å². The van der Waals surface area contributed by atoms with Crippen LogP contribution in [0.4, 0.5) is 0 Å². The van der Waals surface area contributed by atoms with Crippen molar-refractivity contribution < 1.29 is 105 Å². The average Bonchev–Trinajstić information content (AvgIpc) is 3.03. The summed E-state index contributed by atoms with van der Waals surface area (Å²) in [5.74, 6) is 0. The first-order valence-electron chi connectivity index (χ1n) is 14.1. The summed E-state index contributed by atoms with van der Waals surface area (Å²) < 4.78 is 37.9. The largest absolute Gasteiger partial charge is 0.394 e. The summed E-state index contributed by atoms with van der Waals surface area (Å²) in [5.41, 5.74) is 0. The number of ether oxygens (including phenoxy) is 7. The Morgan fingerprint density at radius 2 is 0.711 bits per heavy atom. The molecule has 4 fully saturated rings. The Kier molecular flexibility index (Phi) is 12.8. The highest BCUT2D eigenvalue weighted by molar-refractivity contribution is 4.97. The Morgan fingerprint density at radius 1 is 0.333 bits per heavy atom. The second-order valence-corrected chi connectivity index (χ2v) is 11.1. The van der Waals surface area contributed by atoms with Crippen molar-refractivity contribution in [3.8, 4) is 0 Å². The lowest BCUT2D eigenvalue weighted by Crippen LogP contribution is -2.68. The van der Waals surface area contributed by atoms with Crippen molar-refractivity contribution in [2.45, 2.75) is 123 Å². The minimum atomic E-state index is -2.07. The molecule has 0 bridgehead atoms. The Morgan fingerprint density at radius 3 is 1.24 bits per heavy atom. The second kappa shape index (κ2) is 15.6. The molecule has 4 rings (SSSR count). The third-order valence-electron chi connectivity index (χ3n) is 8.21. The van der Waals surface area contributed by atoms with Crippen LogP contribution < -0.4 is 0 Å². The first kappa shape index (κ1) is 37.0. The van der Waals surface area contributed by atoms with Crippen LogP contribution in [0.1, 0.15) is 0 Å². The highest BCUT2D eigenvalue weighted by Crippen LogP contribution is 2.34. The molecule has 20 atom stereocenters. The van der Waals surface area contributed by atoms with Gasteiger partial charge >= 0.3 is 0 Å². The van der Waals surface area contributed by atoms with Crippen LogP contribution in [0.5, 0.6) is 0 Å². The van der Waals surface area contributed by atoms with Crippen LogP contribution in [-0.4, -0.2) is 221 Å². The number of hydrogen-bond donors (Lipinski definition) is 14. The summed E-state index contributed by atoms with van der Waals surface area (Å²) >= 11 is 0. The van der Waals surface area contributed by atoms with Gasteiger partial charge in [-0.2, -0.15) is 0 Å². The molecule has 21 heteroatoms. The molecule has 0 aromatic carbocycles. The van der Waals surface area contributed by atoms with E-state index < -0.39 is 149 Å². The van der Waals surface area contributed by atoms with Gasteiger partial charge in [0.25, 0.3) is 0 Å². The zero-order valence-electron chi connectivity index (χ0n) is 23.5. The van der Waals surface area contributed by atoms with Crippen molar-refractivity contribution in [2.24, 2.45) is 0 Å². The van der Waals surface area contributed by atoms with E-state index in [1.807, 2.05) is 0 Å². The third-order valence-corrected chi connectivity index (χ3v) is 8.21. The zero-order valence-corrected chi connectivity index (χ0v) is 23.5. The van der Waals surface area contributed by atoms with Gasteiger partial charge in [0.15, 0.2) is 25.2 Å². The first-order chi connectivity index (χ1) is 21.3. The number of hydrogen-bond acceptors (Lipinski definition) is 21. The smallest absolute Gasteiger partial charge is 0.187 e. The summed E-state index contributed by atoms with van der Waals surface area (Å²) in [4.78, 5) is 0. The van der Waals surface area contributed by atoms with Crippen LogP contribution in [0.2, 0.25) is 0 Å². The van der Waals surface area contributed by atoms with Gasteiger partial charge in [0.05, 0.1) is 26.4 Å². The molecule has 0 saturated carbocycles. The second-order valence-electron chi connectivity index (χ2n) is 11.1. The van der Waals surface area contributed by atoms with Gasteiger partial charge in [-0.25, -0.2) is 0 Å². The molecular weight excluding hydrogens is 624 g/mol. The summed E-state index contributed by atoms with van der Waals surface area (Å²) in [7, 11) is 0. The molecule has 4 heterocycles. The Bertz CT molecular complexity index is 916. The predicted molar refractivity (Wildman–Crippen MR) is 134 cm³/mol. The quantitative estimate of drug-likeness (QED) is 0.103. The van der Waals surface area contributed by atoms with Crippen LogP contribution in [0.25, 0.3) is 0 Å². The molecule has 45 heavy (non-hydrogen) atoms. The van der Waals surface area contributed by atoms with Crippen molar-refractivity contribution in [1.29, 1.82) is 0 Å². The Hall–Kier alpha value is -0.840. The lowest BCUT2D eigenvalue weighted by Gasteiger charge is -2.49. The minimum absolute atomic E-state index is 0.808. The van der Waals surface area contributed by atoms with E-state index in [2.05, 4.69) is 0 Å². The lowest BCUT2D eigenvalue weighted by molar-refractivity contribution is -0.396. The molecule has 0 spiro atoms. The summed E-state index contributed by atoms with van der Waals surface area (Å²) in [6, 6.07) is 0. The highest BCUT2D eigenvalue weighted by Gasteiger charge is 2.55. The summed E-state index contributed by atoms with van der Waals surface area (Å²) in [5, 5.41) is 143. The molecule has 264 valence electrons. The van der Waals surface area contributed by atoms with Gasteiger partial charge in [0.1, 0.15) is 97.7 Å². The monoisotopic (exact) mass is 666 g/mol. The molecule has 0 aromatic heterocycles. The molecule has 4 aliphatic heterocycles. The van der Waals surface area contributed by atoms with Gasteiger partial charge in [-0.15, -0.1) is 0 Å². The van der Waals surface area contributed by atoms with E-state index in [0.29, 0.717) is 0 Å². The molecule has 4 saturated heterocycles. The SMILES string of the molecule is OC[C@H]1O[C@H](O[C@@H]2[C@@H](O[C@@H]3[C@H](O)[C@@H](O[C@@H]4[C@H](O)[C@@H](O)O[C@H](CO)[C@H]4O)O[C@H](CO)[C@H]3O)O[C@H](CO)[C@@H](O)[C@@H]2O)[C@@H](O)[C@@H](O)[C@@H]1O. The van der Waals surface area contributed by atoms with Crippen LogP contribution in [-0.2, 0) is 33.2 Å². The molecule has 0 aromatic rings. The summed E-state index contributed by atoms with van der Waals surface area (Å²) in [6.07, 6.45) is -36.4. The van der Waals surface area contributed by atoms with Crippen molar-refractivity contribution in [3.63, 3.8) is 0 Å². The zero-order chi connectivity index (χ0) is 33.3. The molecule has 0 radical (unpaired) electrons. The fourth-order valence-electron chi connectivity index (χ4n) is 5.51. The first-order valence-corrected chi connectivity index (χ1v) is 14.1. The van der Waals surface area contributed by atoms with E-state index in [-0.39, 0.29) is 0 Å². The van der Waals surface area contributed by atoms with E-state index in [9.17, 15) is 71.5 Å². The number of aliphatic hydroxyl groups excluding tert-OH is 14. The van der Waals surface area contributed by atoms with Gasteiger partial charge < -0.3 is 105 Å². The van der Waals surface area contributed by atoms with E-state index in [4.69, 9.17) is 33.2 Å². The topological polar surface area (TPSA) is 348 Å². The van der Waals surface area contributed by atoms with E-state index in [1.165, 1.54) is 0 Å². The maximum atomic E-state index is 11.1. The average molecular weight is 667 g/mol. The maximum Gasteiger partial charge on any atom is 0.187 e. The molecule has 0 aliphatic carbocycles. The lowest BCUT2D eigenvalue weighted by atomic mass is 9.95. The van der Waals surface area contributed by atoms with E-state index in [0.717, 1.165) is 0 Å². The van der Waals surface area contributed by atoms with Crippen molar-refractivity contribution in [1.82, 2.24) is 0 Å². The van der Waals surface area contributed by atoms with Gasteiger partial charge in [0, 0.05) is 0 Å². The standard InChI is InChI=1S/C24H42O21/c25-1-5-9(29)13(33)15(35)22(40-5)45-20-14(34)10(30)6(2-26)42-24(20)44-19-12(32)8(4-28)41-23(17(19)37)43-18-11(31)7(3-27)39-21(38)16(18)36/h5-38H,1-4H2/t5-,6-,7-,8-,9-,10-,11-,12-,13+,14+,15+,16+,17+,18+,19+,20+,21+,22-,23-,24-/m1/s1. The molecule has 0 unspecified atom stereocenters. The predicted octanol–water partition coefficient (Wildman–Crippen LogP) is -9.75. The molecule has 21 nitrogen and oxygen atoms in total. The van der Waals surface area contributed by atoms with Gasteiger partial charge in [-0.1, -0.05) is 0 Å². The van der Waals surface area contributed by atoms with Crippen LogP contribution in [0.15, 0.2) is 0 Å². The van der Waals surface area contributed by atoms with Gasteiger partial charge in [-0.05, 0) is 0 Å². The normalized spacial score (nSPS) is 52.9. The van der Waals surface area contributed by atoms with Crippen molar-refractivity contribution in [3.05, 3.63) is 0 Å². The van der Waals surface area contributed by atoms with Crippen LogP contribution in [0, 0.1) is 0 Å². The third kappa shape index (κ3) is 7.44. The molecule has 4 aliphatic rings. The Balaban J connectivity index is 1.58. The van der Waals surface area contributed by atoms with Crippen molar-refractivity contribution >= 4 is 0 Å². The van der Waals surface area contributed by atoms with Crippen molar-refractivity contribution in [2.75, 3.05) is 26.4 Å². The van der Waals surface area contributed by atoms with E-state index in [1.54, 1.807) is 0 Å².